The quantitative estimate of drug-likeness (QED) is 0.0494. The largest absolute Gasteiger partial charge is 0.499 e. The zero-order valence-electron chi connectivity index (χ0n) is 31.5. The van der Waals surface area contributed by atoms with Gasteiger partial charge in [0.05, 0.1) is 132 Å². The molecule has 294 valence electrons. The van der Waals surface area contributed by atoms with E-state index in [-0.39, 0.29) is 0 Å². The average molecular weight is 709 g/mol. The molecule has 0 aromatic rings. The Labute approximate surface area is 300 Å². The monoisotopic (exact) mass is 709 g/mol. The molecule has 0 saturated carbocycles. The molecule has 0 heterocycles. The van der Waals surface area contributed by atoms with Crippen LogP contribution in [0, 0.1) is 0 Å². The molecule has 0 aliphatic rings. The molecule has 0 radical (unpaired) electrons. The first kappa shape index (κ1) is 48.1. The highest BCUT2D eigenvalue weighted by molar-refractivity contribution is 4.50. The van der Waals surface area contributed by atoms with Crippen LogP contribution in [0.15, 0.2) is 12.8 Å². The average Bonchev–Trinajstić information content (AvgIpc) is 3.11. The van der Waals surface area contributed by atoms with E-state index in [1.54, 1.807) is 0 Å². The van der Waals surface area contributed by atoms with Crippen molar-refractivity contribution in [3.63, 3.8) is 0 Å². The fourth-order valence-electron chi connectivity index (χ4n) is 4.67. The highest BCUT2D eigenvalue weighted by atomic mass is 16.6. The molecule has 0 saturated heterocycles. The number of rotatable bonds is 46. The summed E-state index contributed by atoms with van der Waals surface area (Å²) in [5, 5.41) is 0. The minimum Gasteiger partial charge on any atom is -0.499 e. The topological polar surface area (TPSA) is 102 Å². The zero-order chi connectivity index (χ0) is 35.2. The maximum Gasteiger partial charge on any atom is 0.111 e. The van der Waals surface area contributed by atoms with Crippen molar-refractivity contribution in [2.75, 3.05) is 139 Å². The SMILES string of the molecule is C=COCCOCCOCCOCCOCCOCCOCCOCCOCCOCCOCCCCCCCCCCCCCCCC. The van der Waals surface area contributed by atoms with Gasteiger partial charge in [-0.25, -0.2) is 0 Å². The molecule has 0 N–H and O–H groups in total. The van der Waals surface area contributed by atoms with Crippen molar-refractivity contribution >= 4 is 0 Å². The fraction of sp³-hybridized carbons (Fsp3) is 0.947. The molecule has 0 unspecified atom stereocenters. The lowest BCUT2D eigenvalue weighted by molar-refractivity contribution is -0.0269. The molecule has 0 atom stereocenters. The second-order valence-corrected chi connectivity index (χ2v) is 11.8. The zero-order valence-corrected chi connectivity index (χ0v) is 31.5. The van der Waals surface area contributed by atoms with Crippen LogP contribution < -0.4 is 0 Å². The molecule has 0 aromatic heterocycles. The third-order valence-corrected chi connectivity index (χ3v) is 7.45. The molecule has 0 fully saturated rings. The third-order valence-electron chi connectivity index (χ3n) is 7.45. The Morgan fingerprint density at radius 2 is 0.469 bits per heavy atom. The van der Waals surface area contributed by atoms with Gasteiger partial charge in [-0.05, 0) is 6.42 Å². The molecule has 49 heavy (non-hydrogen) atoms. The van der Waals surface area contributed by atoms with Gasteiger partial charge in [-0.15, -0.1) is 0 Å². The van der Waals surface area contributed by atoms with E-state index in [0.29, 0.717) is 132 Å². The lowest BCUT2D eigenvalue weighted by Crippen LogP contribution is -2.15. The molecule has 0 spiro atoms. The summed E-state index contributed by atoms with van der Waals surface area (Å²) in [5.41, 5.74) is 0. The van der Waals surface area contributed by atoms with Crippen molar-refractivity contribution < 1.29 is 52.1 Å². The summed E-state index contributed by atoms with van der Waals surface area (Å²) in [7, 11) is 0. The summed E-state index contributed by atoms with van der Waals surface area (Å²) in [6.07, 6.45) is 20.7. The van der Waals surface area contributed by atoms with Crippen molar-refractivity contribution in [3.05, 3.63) is 12.8 Å². The van der Waals surface area contributed by atoms with Gasteiger partial charge in [0.15, 0.2) is 0 Å². The van der Waals surface area contributed by atoms with Crippen LogP contribution in [0.3, 0.4) is 0 Å². The van der Waals surface area contributed by atoms with E-state index in [4.69, 9.17) is 52.1 Å². The molecule has 11 nitrogen and oxygen atoms in total. The van der Waals surface area contributed by atoms with Crippen LogP contribution in [0.5, 0.6) is 0 Å². The molecular formula is C38H76O11. The maximum atomic E-state index is 5.68. The molecule has 0 aliphatic carbocycles. The smallest absolute Gasteiger partial charge is 0.111 e. The second kappa shape index (κ2) is 47.1. The van der Waals surface area contributed by atoms with Gasteiger partial charge in [0.25, 0.3) is 0 Å². The van der Waals surface area contributed by atoms with E-state index < -0.39 is 0 Å². The van der Waals surface area contributed by atoms with Gasteiger partial charge >= 0.3 is 0 Å². The van der Waals surface area contributed by atoms with Crippen LogP contribution in [-0.4, -0.2) is 139 Å². The summed E-state index contributed by atoms with van der Waals surface area (Å²) in [5.74, 6) is 0. The Bertz CT molecular complexity index is 586. The van der Waals surface area contributed by atoms with Crippen LogP contribution in [-0.2, 0) is 52.1 Å². The first-order chi connectivity index (χ1) is 24.4. The van der Waals surface area contributed by atoms with Gasteiger partial charge in [0.1, 0.15) is 6.61 Å². The van der Waals surface area contributed by atoms with Crippen molar-refractivity contribution in [3.8, 4) is 0 Å². The van der Waals surface area contributed by atoms with Crippen molar-refractivity contribution in [1.82, 2.24) is 0 Å². The lowest BCUT2D eigenvalue weighted by atomic mass is 10.0. The number of unbranched alkanes of at least 4 members (excludes halogenated alkanes) is 13. The summed E-state index contributed by atoms with van der Waals surface area (Å²) in [6.45, 7) is 17.4. The van der Waals surface area contributed by atoms with Crippen molar-refractivity contribution in [1.29, 1.82) is 0 Å². The highest BCUT2D eigenvalue weighted by Crippen LogP contribution is 2.13. The fourth-order valence-corrected chi connectivity index (χ4v) is 4.67. The Morgan fingerprint density at radius 1 is 0.265 bits per heavy atom. The van der Waals surface area contributed by atoms with Gasteiger partial charge in [0, 0.05) is 6.61 Å². The Morgan fingerprint density at radius 3 is 0.714 bits per heavy atom. The predicted molar refractivity (Wildman–Crippen MR) is 195 cm³/mol. The molecule has 0 aromatic carbocycles. The van der Waals surface area contributed by atoms with E-state index in [1.165, 1.54) is 89.7 Å². The Kier molecular flexibility index (Phi) is 46.3. The van der Waals surface area contributed by atoms with E-state index in [1.807, 2.05) is 0 Å². The van der Waals surface area contributed by atoms with Crippen LogP contribution in [0.4, 0.5) is 0 Å². The summed E-state index contributed by atoms with van der Waals surface area (Å²) in [4.78, 5) is 0. The summed E-state index contributed by atoms with van der Waals surface area (Å²) < 4.78 is 59.9. The van der Waals surface area contributed by atoms with Gasteiger partial charge < -0.3 is 52.1 Å². The second-order valence-electron chi connectivity index (χ2n) is 11.8. The third kappa shape index (κ3) is 47.1. The van der Waals surface area contributed by atoms with Crippen molar-refractivity contribution in [2.24, 2.45) is 0 Å². The molecular weight excluding hydrogens is 632 g/mol. The molecule has 0 amide bonds. The maximum absolute atomic E-state index is 5.68. The minimum atomic E-state index is 0.506. The van der Waals surface area contributed by atoms with Gasteiger partial charge in [-0.2, -0.15) is 0 Å². The summed E-state index contributed by atoms with van der Waals surface area (Å²) >= 11 is 0. The lowest BCUT2D eigenvalue weighted by Gasteiger charge is -2.09. The molecule has 0 aliphatic heterocycles. The van der Waals surface area contributed by atoms with E-state index in [9.17, 15) is 0 Å². The number of hydrogen-bond acceptors (Lipinski definition) is 11. The van der Waals surface area contributed by atoms with Gasteiger partial charge in [0.2, 0.25) is 0 Å². The van der Waals surface area contributed by atoms with Crippen molar-refractivity contribution in [2.45, 2.75) is 96.8 Å². The van der Waals surface area contributed by atoms with Gasteiger partial charge in [-0.1, -0.05) is 97.0 Å². The molecule has 0 rings (SSSR count). The van der Waals surface area contributed by atoms with Crippen LogP contribution in [0.2, 0.25) is 0 Å². The van der Waals surface area contributed by atoms with E-state index in [0.717, 1.165) is 13.0 Å². The minimum absolute atomic E-state index is 0.506. The van der Waals surface area contributed by atoms with Crippen LogP contribution >= 0.6 is 0 Å². The number of hydrogen-bond donors (Lipinski definition) is 0. The Hall–Kier alpha value is -0.860. The van der Waals surface area contributed by atoms with Crippen LogP contribution in [0.1, 0.15) is 96.8 Å². The standard InChI is InChI=1S/C38H76O11/c1-3-5-6-7-8-9-10-11-12-13-14-15-16-17-18-40-21-22-42-25-26-44-29-30-46-33-34-48-37-38-49-36-35-47-32-31-45-28-27-43-24-23-41-20-19-39-4-2/h4H,2-3,5-38H2,1H3. The van der Waals surface area contributed by atoms with E-state index >= 15 is 0 Å². The predicted octanol–water partition coefficient (Wildman–Crippen LogP) is 6.79. The normalized spacial score (nSPS) is 11.4. The highest BCUT2D eigenvalue weighted by Gasteiger charge is 1.97. The first-order valence-corrected chi connectivity index (χ1v) is 19.4. The van der Waals surface area contributed by atoms with E-state index in [2.05, 4.69) is 13.5 Å². The van der Waals surface area contributed by atoms with Crippen LogP contribution in [0.25, 0.3) is 0 Å². The summed E-state index contributed by atoms with van der Waals surface area (Å²) in [6, 6.07) is 0. The molecule has 0 bridgehead atoms. The molecule has 11 heteroatoms. The first-order valence-electron chi connectivity index (χ1n) is 19.4. The Balaban J connectivity index is 3.04. The number of ether oxygens (including phenoxy) is 11. The van der Waals surface area contributed by atoms with Gasteiger partial charge in [-0.3, -0.25) is 0 Å².